The topological polar surface area (TPSA) is 37.3 Å². The molecule has 0 aromatic carbocycles. The lowest BCUT2D eigenvalue weighted by Gasteiger charge is -2.24. The molecule has 0 saturated carbocycles. The number of alkyl halides is 1. The number of aliphatic carboxylic acids is 1. The average molecular weight is 199 g/mol. The van der Waals surface area contributed by atoms with Crippen LogP contribution in [0.2, 0.25) is 0 Å². The zero-order chi connectivity index (χ0) is 7.61. The Morgan fingerprint density at radius 3 is 2.30 bits per heavy atom. The van der Waals surface area contributed by atoms with E-state index in [-0.39, 0.29) is 0 Å². The van der Waals surface area contributed by atoms with Gasteiger partial charge < -0.3 is 5.11 Å². The van der Waals surface area contributed by atoms with Crippen molar-refractivity contribution in [3.05, 3.63) is 0 Å². The number of rotatable bonds is 1. The van der Waals surface area contributed by atoms with Gasteiger partial charge in [-0.25, -0.2) is 4.79 Å². The van der Waals surface area contributed by atoms with Gasteiger partial charge in [-0.05, 0) is 17.9 Å². The third-order valence-electron chi connectivity index (χ3n) is 1.12. The van der Waals surface area contributed by atoms with Crippen LogP contribution in [-0.2, 0) is 4.79 Å². The highest BCUT2D eigenvalue weighted by atomic mass is 35.5. The van der Waals surface area contributed by atoms with Gasteiger partial charge in [-0.3, -0.25) is 0 Å². The summed E-state index contributed by atoms with van der Waals surface area (Å²) < 4.78 is -1.10. The SMILES string of the molecule is O=C(O)C1(Cl)SCCCS1. The molecule has 0 spiro atoms. The van der Waals surface area contributed by atoms with Crippen LogP contribution in [0.15, 0.2) is 0 Å². The molecule has 0 aromatic heterocycles. The van der Waals surface area contributed by atoms with Crippen LogP contribution in [0.4, 0.5) is 0 Å². The highest BCUT2D eigenvalue weighted by Gasteiger charge is 2.39. The van der Waals surface area contributed by atoms with Crippen LogP contribution in [0.5, 0.6) is 0 Å². The second-order valence-electron chi connectivity index (χ2n) is 1.89. The molecule has 2 nitrogen and oxygen atoms in total. The van der Waals surface area contributed by atoms with E-state index in [1.807, 2.05) is 0 Å². The maximum Gasteiger partial charge on any atom is 0.345 e. The van der Waals surface area contributed by atoms with Crippen molar-refractivity contribution >= 4 is 41.1 Å². The molecule has 0 atom stereocenters. The zero-order valence-corrected chi connectivity index (χ0v) is 7.56. The van der Waals surface area contributed by atoms with Gasteiger partial charge in [-0.2, -0.15) is 0 Å². The molecule has 0 aromatic rings. The van der Waals surface area contributed by atoms with E-state index in [4.69, 9.17) is 16.7 Å². The van der Waals surface area contributed by atoms with Gasteiger partial charge in [-0.15, -0.1) is 23.5 Å². The minimum Gasteiger partial charge on any atom is -0.479 e. The molecule has 0 radical (unpaired) electrons. The van der Waals surface area contributed by atoms with Crippen LogP contribution < -0.4 is 0 Å². The standard InChI is InChI=1S/C5H7ClO2S2/c6-5(4(7)8)9-2-1-3-10-5/h1-3H2,(H,7,8). The maximum absolute atomic E-state index is 10.5. The van der Waals surface area contributed by atoms with Crippen molar-refractivity contribution in [3.8, 4) is 0 Å². The first-order chi connectivity index (χ1) is 4.65. The first kappa shape index (κ1) is 8.56. The lowest BCUT2D eigenvalue weighted by atomic mass is 10.6. The Morgan fingerprint density at radius 1 is 1.50 bits per heavy atom. The summed E-state index contributed by atoms with van der Waals surface area (Å²) in [5.41, 5.74) is 0. The molecule has 1 N–H and O–H groups in total. The lowest BCUT2D eigenvalue weighted by molar-refractivity contribution is -0.135. The van der Waals surface area contributed by atoms with E-state index in [9.17, 15) is 4.79 Å². The normalized spacial score (nSPS) is 24.1. The van der Waals surface area contributed by atoms with Crippen molar-refractivity contribution in [1.29, 1.82) is 0 Å². The third kappa shape index (κ3) is 1.74. The zero-order valence-electron chi connectivity index (χ0n) is 5.17. The van der Waals surface area contributed by atoms with E-state index < -0.39 is 9.51 Å². The molecular weight excluding hydrogens is 192 g/mol. The fourth-order valence-corrected chi connectivity index (χ4v) is 3.46. The fourth-order valence-electron chi connectivity index (χ4n) is 0.631. The van der Waals surface area contributed by atoms with Crippen molar-refractivity contribution in [2.75, 3.05) is 11.5 Å². The predicted molar refractivity (Wildman–Crippen MR) is 45.8 cm³/mol. The summed E-state index contributed by atoms with van der Waals surface area (Å²) in [6.07, 6.45) is 1.05. The van der Waals surface area contributed by atoms with Crippen molar-refractivity contribution < 1.29 is 9.90 Å². The largest absolute Gasteiger partial charge is 0.479 e. The van der Waals surface area contributed by atoms with Crippen molar-refractivity contribution in [3.63, 3.8) is 0 Å². The Hall–Kier alpha value is 0.460. The number of hydrogen-bond acceptors (Lipinski definition) is 3. The molecule has 5 heteroatoms. The van der Waals surface area contributed by atoms with E-state index >= 15 is 0 Å². The number of thioether (sulfide) groups is 2. The van der Waals surface area contributed by atoms with Crippen LogP contribution in [0, 0.1) is 0 Å². The Kier molecular flexibility index (Phi) is 2.77. The average Bonchev–Trinajstić information content (AvgIpc) is 1.89. The maximum atomic E-state index is 10.5. The third-order valence-corrected chi connectivity index (χ3v) is 4.72. The molecule has 0 amide bonds. The predicted octanol–water partition coefficient (Wildman–Crippen LogP) is 1.83. The van der Waals surface area contributed by atoms with Gasteiger partial charge in [0.05, 0.1) is 0 Å². The molecule has 1 heterocycles. The van der Waals surface area contributed by atoms with Crippen LogP contribution in [-0.4, -0.2) is 26.1 Å². The van der Waals surface area contributed by atoms with Gasteiger partial charge in [0.1, 0.15) is 0 Å². The van der Waals surface area contributed by atoms with Crippen molar-refractivity contribution in [2.24, 2.45) is 0 Å². The van der Waals surface area contributed by atoms with Crippen LogP contribution in [0.3, 0.4) is 0 Å². The quantitative estimate of drug-likeness (QED) is 0.653. The first-order valence-corrected chi connectivity index (χ1v) is 5.20. The molecule has 1 aliphatic heterocycles. The second-order valence-corrected chi connectivity index (χ2v) is 5.78. The van der Waals surface area contributed by atoms with Crippen molar-refractivity contribution in [2.45, 2.75) is 9.96 Å². The van der Waals surface area contributed by atoms with Crippen molar-refractivity contribution in [1.82, 2.24) is 0 Å². The lowest BCUT2D eigenvalue weighted by Crippen LogP contribution is -2.28. The highest BCUT2D eigenvalue weighted by molar-refractivity contribution is 8.21. The molecule has 1 aliphatic rings. The summed E-state index contributed by atoms with van der Waals surface area (Å²) in [4.78, 5) is 10.5. The van der Waals surface area contributed by atoms with Gasteiger partial charge >= 0.3 is 5.97 Å². The minimum absolute atomic E-state index is 0.850. The number of halogens is 1. The molecule has 1 fully saturated rings. The molecule has 1 saturated heterocycles. The van der Waals surface area contributed by atoms with Gasteiger partial charge in [-0.1, -0.05) is 11.6 Å². The van der Waals surface area contributed by atoms with Gasteiger partial charge in [0, 0.05) is 0 Å². The highest BCUT2D eigenvalue weighted by Crippen LogP contribution is 2.45. The first-order valence-electron chi connectivity index (χ1n) is 2.85. The Balaban J connectivity index is 2.56. The summed E-state index contributed by atoms with van der Waals surface area (Å²) in [5, 5.41) is 8.62. The molecule has 1 rings (SSSR count). The summed E-state index contributed by atoms with van der Waals surface area (Å²) in [6, 6.07) is 0. The van der Waals surface area contributed by atoms with E-state index in [0.29, 0.717) is 0 Å². The monoisotopic (exact) mass is 198 g/mol. The van der Waals surface area contributed by atoms with Crippen LogP contribution >= 0.6 is 35.1 Å². The van der Waals surface area contributed by atoms with Gasteiger partial charge in [0.2, 0.25) is 3.54 Å². The molecule has 58 valence electrons. The Morgan fingerprint density at radius 2 is 2.00 bits per heavy atom. The molecule has 0 bridgehead atoms. The van der Waals surface area contributed by atoms with E-state index in [2.05, 4.69) is 0 Å². The number of carbonyl (C=O) groups is 1. The minimum atomic E-state index is -1.10. The van der Waals surface area contributed by atoms with E-state index in [1.54, 1.807) is 0 Å². The summed E-state index contributed by atoms with van der Waals surface area (Å²) in [5.74, 6) is 0.773. The number of carboxylic acid groups (broad SMARTS) is 1. The Labute approximate surface area is 72.7 Å². The van der Waals surface area contributed by atoms with Crippen LogP contribution in [0.25, 0.3) is 0 Å². The smallest absolute Gasteiger partial charge is 0.345 e. The van der Waals surface area contributed by atoms with Crippen LogP contribution in [0.1, 0.15) is 6.42 Å². The summed E-state index contributed by atoms with van der Waals surface area (Å²) in [6.45, 7) is 0. The molecule has 0 aliphatic carbocycles. The fraction of sp³-hybridized carbons (Fsp3) is 0.800. The van der Waals surface area contributed by atoms with Gasteiger partial charge in [0.15, 0.2) is 0 Å². The molecular formula is C5H7ClO2S2. The van der Waals surface area contributed by atoms with E-state index in [1.165, 1.54) is 23.5 Å². The Bertz CT molecular complexity index is 145. The second kappa shape index (κ2) is 3.24. The van der Waals surface area contributed by atoms with E-state index in [0.717, 1.165) is 17.9 Å². The number of hydrogen-bond donors (Lipinski definition) is 1. The molecule has 10 heavy (non-hydrogen) atoms. The number of carboxylic acids is 1. The molecule has 0 unspecified atom stereocenters. The summed E-state index contributed by atoms with van der Waals surface area (Å²) >= 11 is 8.34. The summed E-state index contributed by atoms with van der Waals surface area (Å²) in [7, 11) is 0. The van der Waals surface area contributed by atoms with Gasteiger partial charge in [0.25, 0.3) is 0 Å².